The molecule has 0 aliphatic heterocycles. The molecular formula is C10H12Cl2FN. The van der Waals surface area contributed by atoms with Crippen molar-refractivity contribution in [2.75, 3.05) is 5.88 Å². The van der Waals surface area contributed by atoms with Gasteiger partial charge in [0.05, 0.1) is 0 Å². The first-order valence-electron chi connectivity index (χ1n) is 4.33. The zero-order valence-electron chi connectivity index (χ0n) is 7.86. The number of benzene rings is 1. The van der Waals surface area contributed by atoms with Gasteiger partial charge < -0.3 is 5.73 Å². The van der Waals surface area contributed by atoms with Crippen molar-refractivity contribution >= 4 is 23.2 Å². The highest BCUT2D eigenvalue weighted by Crippen LogP contribution is 2.26. The molecule has 2 N–H and O–H groups in total. The third-order valence-electron chi connectivity index (χ3n) is 2.10. The Morgan fingerprint density at radius 1 is 1.50 bits per heavy atom. The first kappa shape index (κ1) is 11.8. The van der Waals surface area contributed by atoms with E-state index in [4.69, 9.17) is 28.9 Å². The normalized spacial score (nSPS) is 12.9. The number of alkyl halides is 1. The van der Waals surface area contributed by atoms with Crippen LogP contribution in [0.1, 0.15) is 23.6 Å². The molecular weight excluding hydrogens is 224 g/mol. The molecule has 0 aliphatic carbocycles. The van der Waals surface area contributed by atoms with Gasteiger partial charge in [-0.3, -0.25) is 0 Å². The van der Waals surface area contributed by atoms with Crippen molar-refractivity contribution in [3.05, 3.63) is 34.1 Å². The van der Waals surface area contributed by atoms with Crippen LogP contribution in [0.25, 0.3) is 0 Å². The highest BCUT2D eigenvalue weighted by Gasteiger charge is 2.12. The molecule has 1 rings (SSSR count). The van der Waals surface area contributed by atoms with Gasteiger partial charge in [-0.1, -0.05) is 11.6 Å². The third kappa shape index (κ3) is 2.59. The van der Waals surface area contributed by atoms with Gasteiger partial charge in [0.1, 0.15) is 5.82 Å². The number of hydrogen-bond donors (Lipinski definition) is 1. The maximum atomic E-state index is 13.2. The van der Waals surface area contributed by atoms with Crippen molar-refractivity contribution in [1.82, 2.24) is 0 Å². The van der Waals surface area contributed by atoms with E-state index in [1.165, 1.54) is 6.07 Å². The van der Waals surface area contributed by atoms with Gasteiger partial charge in [-0.15, -0.1) is 11.6 Å². The van der Waals surface area contributed by atoms with Gasteiger partial charge in [-0.2, -0.15) is 0 Å². The van der Waals surface area contributed by atoms with Gasteiger partial charge in [-0.25, -0.2) is 4.39 Å². The van der Waals surface area contributed by atoms with E-state index in [1.54, 1.807) is 13.0 Å². The minimum Gasteiger partial charge on any atom is -0.324 e. The van der Waals surface area contributed by atoms with Crippen molar-refractivity contribution in [1.29, 1.82) is 0 Å². The molecule has 0 saturated carbocycles. The van der Waals surface area contributed by atoms with E-state index in [0.717, 1.165) is 0 Å². The SMILES string of the molecule is Cc1cc(Cl)c(C(N)CCCl)cc1F. The van der Waals surface area contributed by atoms with Gasteiger partial charge in [0, 0.05) is 16.9 Å². The summed E-state index contributed by atoms with van der Waals surface area (Å²) >= 11 is 11.5. The van der Waals surface area contributed by atoms with Crippen molar-refractivity contribution in [2.24, 2.45) is 5.73 Å². The molecule has 1 aromatic rings. The number of nitrogens with two attached hydrogens (primary N) is 1. The predicted octanol–water partition coefficient (Wildman–Crippen LogP) is 3.42. The monoisotopic (exact) mass is 235 g/mol. The van der Waals surface area contributed by atoms with Gasteiger partial charge in [0.25, 0.3) is 0 Å². The van der Waals surface area contributed by atoms with E-state index in [9.17, 15) is 4.39 Å². The molecule has 1 unspecified atom stereocenters. The molecule has 14 heavy (non-hydrogen) atoms. The van der Waals surface area contributed by atoms with Gasteiger partial charge in [-0.05, 0) is 36.6 Å². The second-order valence-electron chi connectivity index (χ2n) is 3.21. The van der Waals surface area contributed by atoms with Crippen molar-refractivity contribution in [2.45, 2.75) is 19.4 Å². The van der Waals surface area contributed by atoms with Crippen LogP contribution in [0.4, 0.5) is 4.39 Å². The molecule has 0 aromatic heterocycles. The van der Waals surface area contributed by atoms with Crippen LogP contribution in [0.15, 0.2) is 12.1 Å². The van der Waals surface area contributed by atoms with Crippen molar-refractivity contribution < 1.29 is 4.39 Å². The molecule has 78 valence electrons. The second-order valence-corrected chi connectivity index (χ2v) is 3.99. The van der Waals surface area contributed by atoms with E-state index in [2.05, 4.69) is 0 Å². The zero-order valence-corrected chi connectivity index (χ0v) is 9.37. The quantitative estimate of drug-likeness (QED) is 0.799. The maximum absolute atomic E-state index is 13.2. The first-order chi connectivity index (χ1) is 6.56. The van der Waals surface area contributed by atoms with E-state index in [-0.39, 0.29) is 11.9 Å². The van der Waals surface area contributed by atoms with Crippen LogP contribution in [0.3, 0.4) is 0 Å². The molecule has 0 aliphatic rings. The van der Waals surface area contributed by atoms with Crippen LogP contribution in [0.2, 0.25) is 5.02 Å². The molecule has 0 fully saturated rings. The Kier molecular flexibility index (Phi) is 4.17. The summed E-state index contributed by atoms with van der Waals surface area (Å²) in [5.74, 6) is 0.155. The molecule has 0 heterocycles. The highest BCUT2D eigenvalue weighted by atomic mass is 35.5. The molecule has 1 atom stereocenters. The lowest BCUT2D eigenvalue weighted by atomic mass is 10.0. The summed E-state index contributed by atoms with van der Waals surface area (Å²) in [5, 5.41) is 0.501. The van der Waals surface area contributed by atoms with E-state index >= 15 is 0 Å². The zero-order chi connectivity index (χ0) is 10.7. The van der Waals surface area contributed by atoms with E-state index in [0.29, 0.717) is 28.5 Å². The van der Waals surface area contributed by atoms with E-state index < -0.39 is 0 Å². The minimum atomic E-state index is -0.296. The lowest BCUT2D eigenvalue weighted by Gasteiger charge is -2.13. The topological polar surface area (TPSA) is 26.0 Å². The third-order valence-corrected chi connectivity index (χ3v) is 2.64. The predicted molar refractivity (Wildman–Crippen MR) is 58.4 cm³/mol. The summed E-state index contributed by atoms with van der Waals surface area (Å²) < 4.78 is 13.2. The van der Waals surface area contributed by atoms with Crippen LogP contribution in [0, 0.1) is 12.7 Å². The van der Waals surface area contributed by atoms with Crippen LogP contribution < -0.4 is 5.73 Å². The summed E-state index contributed by atoms with van der Waals surface area (Å²) in [4.78, 5) is 0. The fraction of sp³-hybridized carbons (Fsp3) is 0.400. The van der Waals surface area contributed by atoms with Gasteiger partial charge in [0.15, 0.2) is 0 Å². The van der Waals surface area contributed by atoms with Gasteiger partial charge in [0.2, 0.25) is 0 Å². The Bertz CT molecular complexity index is 328. The molecule has 1 aromatic carbocycles. The van der Waals surface area contributed by atoms with Crippen LogP contribution >= 0.6 is 23.2 Å². The standard InChI is InChI=1S/C10H12Cl2FN/c1-6-4-8(12)7(5-9(6)13)10(14)2-3-11/h4-5,10H,2-3,14H2,1H3. The molecule has 0 amide bonds. The average molecular weight is 236 g/mol. The summed E-state index contributed by atoms with van der Waals surface area (Å²) in [7, 11) is 0. The minimum absolute atomic E-state index is 0.283. The number of rotatable bonds is 3. The maximum Gasteiger partial charge on any atom is 0.126 e. The van der Waals surface area contributed by atoms with Crippen LogP contribution in [-0.2, 0) is 0 Å². The summed E-state index contributed by atoms with van der Waals surface area (Å²) in [5.41, 5.74) is 6.94. The number of halogens is 3. The molecule has 0 spiro atoms. The Balaban J connectivity index is 3.02. The van der Waals surface area contributed by atoms with Gasteiger partial charge >= 0.3 is 0 Å². The Morgan fingerprint density at radius 2 is 2.14 bits per heavy atom. The summed E-state index contributed by atoms with van der Waals surface area (Å²) in [6.07, 6.45) is 0.587. The summed E-state index contributed by atoms with van der Waals surface area (Å²) in [6.45, 7) is 1.66. The number of hydrogen-bond acceptors (Lipinski definition) is 1. The fourth-order valence-electron chi connectivity index (χ4n) is 1.22. The summed E-state index contributed by atoms with van der Waals surface area (Å²) in [6, 6.07) is 2.67. The van der Waals surface area contributed by atoms with Crippen molar-refractivity contribution in [3.63, 3.8) is 0 Å². The molecule has 0 radical (unpaired) electrons. The highest BCUT2D eigenvalue weighted by molar-refractivity contribution is 6.31. The lowest BCUT2D eigenvalue weighted by Crippen LogP contribution is -2.12. The molecule has 0 bridgehead atoms. The Labute approximate surface area is 93.0 Å². The molecule has 0 saturated heterocycles. The fourth-order valence-corrected chi connectivity index (χ4v) is 1.81. The first-order valence-corrected chi connectivity index (χ1v) is 5.24. The lowest BCUT2D eigenvalue weighted by molar-refractivity contribution is 0.608. The molecule has 4 heteroatoms. The van der Waals surface area contributed by atoms with E-state index in [1.807, 2.05) is 0 Å². The number of aryl methyl sites for hydroxylation is 1. The molecule has 1 nitrogen and oxygen atoms in total. The Morgan fingerprint density at radius 3 is 2.71 bits per heavy atom. The van der Waals surface area contributed by atoms with Crippen LogP contribution in [0.5, 0.6) is 0 Å². The second kappa shape index (κ2) is 4.96. The smallest absolute Gasteiger partial charge is 0.126 e. The Hall–Kier alpha value is -0.310. The average Bonchev–Trinajstić information content (AvgIpc) is 2.11. The van der Waals surface area contributed by atoms with Crippen molar-refractivity contribution in [3.8, 4) is 0 Å². The largest absolute Gasteiger partial charge is 0.324 e. The van der Waals surface area contributed by atoms with Crippen LogP contribution in [-0.4, -0.2) is 5.88 Å².